The molecule has 1 saturated heterocycles. The van der Waals surface area contributed by atoms with Crippen molar-refractivity contribution in [2.24, 2.45) is 0 Å². The van der Waals surface area contributed by atoms with Crippen LogP contribution in [0.3, 0.4) is 0 Å². The normalized spacial score (nSPS) is 18.5. The van der Waals surface area contributed by atoms with Gasteiger partial charge in [-0.15, -0.1) is 0 Å². The summed E-state index contributed by atoms with van der Waals surface area (Å²) in [5.74, 6) is -0.688. The lowest BCUT2D eigenvalue weighted by atomic mass is 9.74. The third-order valence-corrected chi connectivity index (χ3v) is 8.92. The Morgan fingerprint density at radius 1 is 1.07 bits per heavy atom. The maximum absolute atomic E-state index is 13.5. The first-order valence-corrected chi connectivity index (χ1v) is 15.3. The van der Waals surface area contributed by atoms with E-state index in [1.54, 1.807) is 11.0 Å². The van der Waals surface area contributed by atoms with Crippen LogP contribution in [0.25, 0.3) is 6.08 Å². The number of nitrogens with zero attached hydrogens (tertiary/aromatic N) is 3. The van der Waals surface area contributed by atoms with Crippen molar-refractivity contribution in [3.05, 3.63) is 75.9 Å². The fraction of sp³-hybridized carbons (Fsp3) is 0.500. The third kappa shape index (κ3) is 7.75. The first kappa shape index (κ1) is 32.5. The summed E-state index contributed by atoms with van der Waals surface area (Å²) < 4.78 is 12.7. The second-order valence-corrected chi connectivity index (χ2v) is 12.6. The Morgan fingerprint density at radius 3 is 2.33 bits per heavy atom. The predicted octanol–water partition coefficient (Wildman–Crippen LogP) is 4.49. The minimum Gasteiger partial charge on any atom is -0.402 e. The summed E-state index contributed by atoms with van der Waals surface area (Å²) in [5.41, 5.74) is 4.53. The molecular formula is C34H45BN4O4. The summed E-state index contributed by atoms with van der Waals surface area (Å²) in [7, 11) is -0.569. The van der Waals surface area contributed by atoms with E-state index in [4.69, 9.17) is 9.31 Å². The quantitative estimate of drug-likeness (QED) is 0.251. The van der Waals surface area contributed by atoms with Crippen molar-refractivity contribution in [1.29, 1.82) is 5.26 Å². The molecule has 2 heterocycles. The summed E-state index contributed by atoms with van der Waals surface area (Å²) in [6.45, 7) is 16.7. The van der Waals surface area contributed by atoms with Gasteiger partial charge < -0.3 is 19.5 Å². The smallest absolute Gasteiger partial charge is 0.402 e. The van der Waals surface area contributed by atoms with Crippen LogP contribution in [0.15, 0.2) is 48.0 Å². The van der Waals surface area contributed by atoms with Gasteiger partial charge in [-0.3, -0.25) is 14.5 Å². The molecule has 0 spiro atoms. The molecule has 2 amide bonds. The Labute approximate surface area is 257 Å². The van der Waals surface area contributed by atoms with Crippen molar-refractivity contribution in [3.63, 3.8) is 0 Å². The molecule has 9 heteroatoms. The molecule has 4 rings (SSSR count). The zero-order chi connectivity index (χ0) is 31.4. The van der Waals surface area contributed by atoms with E-state index < -0.39 is 18.3 Å². The van der Waals surface area contributed by atoms with Crippen LogP contribution in [0.5, 0.6) is 0 Å². The van der Waals surface area contributed by atoms with Gasteiger partial charge in [-0.25, -0.2) is 0 Å². The van der Waals surface area contributed by atoms with Gasteiger partial charge in [0.05, 0.1) is 23.7 Å². The molecule has 1 atom stereocenters. The van der Waals surface area contributed by atoms with Crippen LogP contribution in [0.4, 0.5) is 0 Å². The van der Waals surface area contributed by atoms with E-state index in [2.05, 4.69) is 53.5 Å². The lowest BCUT2D eigenvalue weighted by molar-refractivity contribution is -0.126. The summed E-state index contributed by atoms with van der Waals surface area (Å²) >= 11 is 0. The number of hydrogen-bond donors (Lipinski definition) is 1. The number of nitriles is 1. The Morgan fingerprint density at radius 2 is 1.72 bits per heavy atom. The highest BCUT2D eigenvalue weighted by Crippen LogP contribution is 2.38. The second kappa shape index (κ2) is 13.5. The largest absolute Gasteiger partial charge is 0.482 e. The Bertz CT molecular complexity index is 1380. The van der Waals surface area contributed by atoms with Crippen LogP contribution in [0.1, 0.15) is 69.4 Å². The number of rotatable bonds is 10. The van der Waals surface area contributed by atoms with Gasteiger partial charge >= 0.3 is 7.12 Å². The molecule has 2 aliphatic heterocycles. The van der Waals surface area contributed by atoms with E-state index in [-0.39, 0.29) is 29.9 Å². The molecule has 0 radical (unpaired) electrons. The van der Waals surface area contributed by atoms with Crippen LogP contribution >= 0.6 is 0 Å². The molecule has 43 heavy (non-hydrogen) atoms. The highest BCUT2D eigenvalue weighted by Gasteiger charge is 2.54. The average Bonchev–Trinajstić information content (AvgIpc) is 3.19. The maximum atomic E-state index is 13.5. The highest BCUT2D eigenvalue weighted by molar-refractivity contribution is 6.48. The van der Waals surface area contributed by atoms with E-state index in [0.29, 0.717) is 26.1 Å². The number of amides is 2. The molecular weight excluding hydrogens is 539 g/mol. The molecule has 8 nitrogen and oxygen atoms in total. The SMILES string of the molecule is CCN(CC)C(=O)C(C#N)=Cc1ccc2c(c1)CN(CC(=O)NC(Cc1ccc(C)cc1)B1OC(C)(C)C(C)(C)O1)CC2. The first-order chi connectivity index (χ1) is 20.4. The molecule has 2 aliphatic rings. The number of carbonyl (C=O) groups excluding carboxylic acids is 2. The van der Waals surface area contributed by atoms with Crippen molar-refractivity contribution in [2.45, 2.75) is 85.0 Å². The Kier molecular flexibility index (Phi) is 10.2. The highest BCUT2D eigenvalue weighted by atomic mass is 16.7. The topological polar surface area (TPSA) is 94.9 Å². The molecule has 1 unspecified atom stereocenters. The lowest BCUT2D eigenvalue weighted by Gasteiger charge is -2.32. The minimum absolute atomic E-state index is 0.0806. The average molecular weight is 585 g/mol. The van der Waals surface area contributed by atoms with Gasteiger partial charge in [0.25, 0.3) is 5.91 Å². The number of benzene rings is 2. The zero-order valence-corrected chi connectivity index (χ0v) is 26.7. The predicted molar refractivity (Wildman–Crippen MR) is 170 cm³/mol. The van der Waals surface area contributed by atoms with Crippen molar-refractivity contribution in [1.82, 2.24) is 15.1 Å². The van der Waals surface area contributed by atoms with Gasteiger partial charge in [-0.05, 0) is 89.6 Å². The lowest BCUT2D eigenvalue weighted by Crippen LogP contribution is -2.52. The van der Waals surface area contributed by atoms with E-state index in [0.717, 1.165) is 29.7 Å². The number of nitrogens with one attached hydrogen (secondary N) is 1. The molecule has 2 aromatic carbocycles. The van der Waals surface area contributed by atoms with Crippen molar-refractivity contribution >= 4 is 25.0 Å². The molecule has 2 aromatic rings. The van der Waals surface area contributed by atoms with Crippen LogP contribution in [-0.4, -0.2) is 72.1 Å². The summed E-state index contributed by atoms with van der Waals surface area (Å²) in [4.78, 5) is 30.0. The molecule has 0 saturated carbocycles. The van der Waals surface area contributed by atoms with E-state index in [9.17, 15) is 14.9 Å². The standard InChI is InChI=1S/C34H45BN4O4/c1-8-39(9-2)32(41)28(21-36)18-26-14-15-27-16-17-38(22-29(27)19-26)23-31(40)37-30(20-25-12-10-24(3)11-13-25)35-42-33(4,5)34(6,7)43-35/h10-15,18-19,30H,8-9,16-17,20,22-23H2,1-7H3,(H,37,40). The van der Waals surface area contributed by atoms with Crippen LogP contribution in [0, 0.1) is 18.3 Å². The zero-order valence-electron chi connectivity index (χ0n) is 26.7. The van der Waals surface area contributed by atoms with Crippen molar-refractivity contribution < 1.29 is 18.9 Å². The summed E-state index contributed by atoms with van der Waals surface area (Å²) in [6.07, 6.45) is 3.07. The fourth-order valence-electron chi connectivity index (χ4n) is 5.55. The molecule has 0 aromatic heterocycles. The molecule has 228 valence electrons. The summed E-state index contributed by atoms with van der Waals surface area (Å²) in [5, 5.41) is 12.9. The third-order valence-electron chi connectivity index (χ3n) is 8.92. The number of fused-ring (bicyclic) bond motifs is 1. The van der Waals surface area contributed by atoms with Gasteiger partial charge in [0, 0.05) is 26.2 Å². The number of carbonyl (C=O) groups is 2. The van der Waals surface area contributed by atoms with Gasteiger partial charge in [0.15, 0.2) is 0 Å². The maximum Gasteiger partial charge on any atom is 0.482 e. The second-order valence-electron chi connectivity index (χ2n) is 12.6. The molecule has 0 aliphatic carbocycles. The van der Waals surface area contributed by atoms with Gasteiger partial charge in [-0.1, -0.05) is 48.0 Å². The Balaban J connectivity index is 1.46. The van der Waals surface area contributed by atoms with E-state index >= 15 is 0 Å². The van der Waals surface area contributed by atoms with Gasteiger partial charge in [0.1, 0.15) is 11.6 Å². The monoisotopic (exact) mass is 584 g/mol. The molecule has 1 N–H and O–H groups in total. The fourth-order valence-corrected chi connectivity index (χ4v) is 5.55. The minimum atomic E-state index is -0.569. The van der Waals surface area contributed by atoms with Gasteiger partial charge in [0.2, 0.25) is 5.91 Å². The molecule has 1 fully saturated rings. The summed E-state index contributed by atoms with van der Waals surface area (Å²) in [6, 6.07) is 16.4. The first-order valence-electron chi connectivity index (χ1n) is 15.3. The van der Waals surface area contributed by atoms with E-state index in [1.807, 2.05) is 53.7 Å². The van der Waals surface area contributed by atoms with Gasteiger partial charge in [-0.2, -0.15) is 5.26 Å². The van der Waals surface area contributed by atoms with Crippen LogP contribution in [0.2, 0.25) is 0 Å². The van der Waals surface area contributed by atoms with E-state index in [1.165, 1.54) is 11.1 Å². The van der Waals surface area contributed by atoms with Crippen LogP contribution in [-0.2, 0) is 38.3 Å². The van der Waals surface area contributed by atoms with Crippen molar-refractivity contribution in [2.75, 3.05) is 26.2 Å². The number of aryl methyl sites for hydroxylation is 1. The molecule has 0 bridgehead atoms. The number of likely N-dealkylation sites (N-methyl/N-ethyl adjacent to an activating group) is 1. The number of hydrogen-bond acceptors (Lipinski definition) is 6. The Hall–Kier alpha value is -3.45. The van der Waals surface area contributed by atoms with Crippen molar-refractivity contribution in [3.8, 4) is 6.07 Å². The van der Waals surface area contributed by atoms with Crippen LogP contribution < -0.4 is 5.32 Å².